The van der Waals surface area contributed by atoms with E-state index in [2.05, 4.69) is 11.9 Å². The summed E-state index contributed by atoms with van der Waals surface area (Å²) in [5.74, 6) is 0.975. The van der Waals surface area contributed by atoms with Gasteiger partial charge in [0.2, 0.25) is 0 Å². The molecule has 1 saturated carbocycles. The van der Waals surface area contributed by atoms with Crippen molar-refractivity contribution in [3.8, 4) is 0 Å². The highest BCUT2D eigenvalue weighted by molar-refractivity contribution is 5.24. The topological polar surface area (TPSA) is 38.9 Å². The second kappa shape index (κ2) is 4.09. The second-order valence-corrected chi connectivity index (χ2v) is 4.36. The molecule has 76 valence electrons. The van der Waals surface area contributed by atoms with E-state index < -0.39 is 0 Å². The Morgan fingerprint density at radius 3 is 3.00 bits per heavy atom. The molecule has 2 heteroatoms. The number of hydrogen-bond donors (Lipinski definition) is 1. The third-order valence-electron chi connectivity index (χ3n) is 3.05. The Morgan fingerprint density at radius 2 is 2.36 bits per heavy atom. The van der Waals surface area contributed by atoms with Crippen molar-refractivity contribution in [2.45, 2.75) is 38.6 Å². The van der Waals surface area contributed by atoms with Crippen LogP contribution in [0.1, 0.15) is 42.9 Å². The molecule has 0 saturated heterocycles. The fourth-order valence-electron chi connectivity index (χ4n) is 1.88. The summed E-state index contributed by atoms with van der Waals surface area (Å²) < 4.78 is 0. The van der Waals surface area contributed by atoms with Gasteiger partial charge in [0.05, 0.1) is 0 Å². The first-order chi connectivity index (χ1) is 6.77. The quantitative estimate of drug-likeness (QED) is 0.792. The zero-order chi connectivity index (χ0) is 9.97. The zero-order valence-corrected chi connectivity index (χ0v) is 8.74. The summed E-state index contributed by atoms with van der Waals surface area (Å²) in [5.41, 5.74) is 8.63. The fraction of sp³-hybridized carbons (Fsp3) is 0.583. The summed E-state index contributed by atoms with van der Waals surface area (Å²) in [4.78, 5) is 4.08. The third-order valence-corrected chi connectivity index (χ3v) is 3.05. The van der Waals surface area contributed by atoms with E-state index in [4.69, 9.17) is 5.73 Å². The highest BCUT2D eigenvalue weighted by atomic mass is 14.7. The molecular weight excluding hydrogens is 172 g/mol. The van der Waals surface area contributed by atoms with E-state index in [9.17, 15) is 0 Å². The molecule has 1 aromatic heterocycles. The lowest BCUT2D eigenvalue weighted by molar-refractivity contribution is 0.573. The molecule has 1 atom stereocenters. The first-order valence-corrected chi connectivity index (χ1v) is 5.43. The lowest BCUT2D eigenvalue weighted by Crippen LogP contribution is -2.12. The Bertz CT molecular complexity index is 305. The number of pyridine rings is 1. The molecule has 0 radical (unpaired) electrons. The van der Waals surface area contributed by atoms with Gasteiger partial charge in [-0.3, -0.25) is 4.98 Å². The predicted molar refractivity (Wildman–Crippen MR) is 57.9 cm³/mol. The summed E-state index contributed by atoms with van der Waals surface area (Å²) >= 11 is 0. The average molecular weight is 190 g/mol. The molecule has 1 aromatic rings. The van der Waals surface area contributed by atoms with Crippen LogP contribution in [0.2, 0.25) is 0 Å². The smallest absolute Gasteiger partial charge is 0.0300 e. The van der Waals surface area contributed by atoms with Crippen LogP contribution in [0, 0.1) is 12.8 Å². The molecule has 2 rings (SSSR count). The zero-order valence-electron chi connectivity index (χ0n) is 8.74. The molecule has 1 fully saturated rings. The van der Waals surface area contributed by atoms with Crippen molar-refractivity contribution in [2.75, 3.05) is 0 Å². The molecule has 0 aliphatic heterocycles. The van der Waals surface area contributed by atoms with Crippen LogP contribution in [0.15, 0.2) is 18.5 Å². The molecule has 0 spiro atoms. The maximum Gasteiger partial charge on any atom is 0.0300 e. The highest BCUT2D eigenvalue weighted by Gasteiger charge is 2.22. The van der Waals surface area contributed by atoms with Crippen molar-refractivity contribution >= 4 is 0 Å². The normalized spacial score (nSPS) is 18.1. The standard InChI is InChI=1S/C12H18N2/c1-9-8-14-7-6-11(9)12(13)5-4-10-2-3-10/h6-8,10,12H,2-5,13H2,1H3. The van der Waals surface area contributed by atoms with Gasteiger partial charge in [0.1, 0.15) is 0 Å². The van der Waals surface area contributed by atoms with Gasteiger partial charge in [-0.05, 0) is 42.9 Å². The van der Waals surface area contributed by atoms with Crippen molar-refractivity contribution in [2.24, 2.45) is 11.7 Å². The first-order valence-electron chi connectivity index (χ1n) is 5.43. The molecule has 1 aliphatic carbocycles. The lowest BCUT2D eigenvalue weighted by atomic mass is 9.99. The van der Waals surface area contributed by atoms with Gasteiger partial charge in [-0.2, -0.15) is 0 Å². The van der Waals surface area contributed by atoms with Crippen LogP contribution >= 0.6 is 0 Å². The molecule has 0 aromatic carbocycles. The molecule has 2 N–H and O–H groups in total. The minimum absolute atomic E-state index is 0.207. The van der Waals surface area contributed by atoms with E-state index in [0.29, 0.717) is 0 Å². The lowest BCUT2D eigenvalue weighted by Gasteiger charge is -2.13. The number of nitrogens with zero attached hydrogens (tertiary/aromatic N) is 1. The summed E-state index contributed by atoms with van der Waals surface area (Å²) in [6, 6.07) is 2.26. The third kappa shape index (κ3) is 2.32. The molecule has 2 nitrogen and oxygen atoms in total. The van der Waals surface area contributed by atoms with Crippen LogP contribution in [-0.4, -0.2) is 4.98 Å². The van der Waals surface area contributed by atoms with Crippen LogP contribution in [0.4, 0.5) is 0 Å². The van der Waals surface area contributed by atoms with Gasteiger partial charge in [-0.25, -0.2) is 0 Å². The van der Waals surface area contributed by atoms with Gasteiger partial charge in [0.15, 0.2) is 0 Å². The van der Waals surface area contributed by atoms with Crippen LogP contribution in [0.25, 0.3) is 0 Å². The van der Waals surface area contributed by atoms with Gasteiger partial charge in [-0.15, -0.1) is 0 Å². The monoisotopic (exact) mass is 190 g/mol. The Hall–Kier alpha value is -0.890. The van der Waals surface area contributed by atoms with E-state index >= 15 is 0 Å². The minimum atomic E-state index is 0.207. The van der Waals surface area contributed by atoms with Crippen LogP contribution in [0.5, 0.6) is 0 Å². The summed E-state index contributed by atoms with van der Waals surface area (Å²) in [5, 5.41) is 0. The average Bonchev–Trinajstić information content (AvgIpc) is 2.98. The summed E-state index contributed by atoms with van der Waals surface area (Å²) in [7, 11) is 0. The Balaban J connectivity index is 1.95. The molecule has 0 amide bonds. The Labute approximate surface area is 85.5 Å². The Morgan fingerprint density at radius 1 is 1.57 bits per heavy atom. The van der Waals surface area contributed by atoms with Crippen molar-refractivity contribution < 1.29 is 0 Å². The maximum absolute atomic E-state index is 6.14. The molecular formula is C12H18N2. The molecule has 0 bridgehead atoms. The van der Waals surface area contributed by atoms with Gasteiger partial charge in [-0.1, -0.05) is 12.8 Å². The van der Waals surface area contributed by atoms with Gasteiger partial charge >= 0.3 is 0 Å². The maximum atomic E-state index is 6.14. The van der Waals surface area contributed by atoms with Crippen molar-refractivity contribution in [1.82, 2.24) is 4.98 Å². The highest BCUT2D eigenvalue weighted by Crippen LogP contribution is 2.35. The fourth-order valence-corrected chi connectivity index (χ4v) is 1.88. The van der Waals surface area contributed by atoms with E-state index in [0.717, 1.165) is 12.3 Å². The van der Waals surface area contributed by atoms with Crippen LogP contribution in [0.3, 0.4) is 0 Å². The van der Waals surface area contributed by atoms with E-state index in [1.807, 2.05) is 18.5 Å². The second-order valence-electron chi connectivity index (χ2n) is 4.36. The SMILES string of the molecule is Cc1cnccc1C(N)CCC1CC1. The number of nitrogens with two attached hydrogens (primary N) is 1. The van der Waals surface area contributed by atoms with Gasteiger partial charge < -0.3 is 5.73 Å². The van der Waals surface area contributed by atoms with Crippen LogP contribution < -0.4 is 5.73 Å². The van der Waals surface area contributed by atoms with Crippen molar-refractivity contribution in [3.63, 3.8) is 0 Å². The Kier molecular flexibility index (Phi) is 2.82. The van der Waals surface area contributed by atoms with E-state index in [1.54, 1.807) is 0 Å². The van der Waals surface area contributed by atoms with Crippen molar-refractivity contribution in [3.05, 3.63) is 29.6 Å². The summed E-state index contributed by atoms with van der Waals surface area (Å²) in [6.07, 6.45) is 8.98. The molecule has 1 unspecified atom stereocenters. The number of hydrogen-bond acceptors (Lipinski definition) is 2. The molecule has 14 heavy (non-hydrogen) atoms. The number of aromatic nitrogens is 1. The summed E-state index contributed by atoms with van der Waals surface area (Å²) in [6.45, 7) is 2.08. The largest absolute Gasteiger partial charge is 0.324 e. The number of rotatable bonds is 4. The minimum Gasteiger partial charge on any atom is -0.324 e. The van der Waals surface area contributed by atoms with Crippen LogP contribution in [-0.2, 0) is 0 Å². The van der Waals surface area contributed by atoms with E-state index in [-0.39, 0.29) is 6.04 Å². The van der Waals surface area contributed by atoms with Crippen molar-refractivity contribution in [1.29, 1.82) is 0 Å². The number of aryl methyl sites for hydroxylation is 1. The van der Waals surface area contributed by atoms with Gasteiger partial charge in [0, 0.05) is 18.4 Å². The predicted octanol–water partition coefficient (Wildman–Crippen LogP) is 2.58. The van der Waals surface area contributed by atoms with Gasteiger partial charge in [0.25, 0.3) is 0 Å². The molecule has 1 aliphatic rings. The first kappa shape index (κ1) is 9.66. The van der Waals surface area contributed by atoms with E-state index in [1.165, 1.54) is 30.4 Å². The molecule has 1 heterocycles.